The van der Waals surface area contributed by atoms with Gasteiger partial charge in [-0.1, -0.05) is 64.1 Å². The fourth-order valence-corrected chi connectivity index (χ4v) is 5.84. The average molecular weight is 823 g/mol. The number of rotatable bonds is 21. The third-order valence-electron chi connectivity index (χ3n) is 9.18. The molecule has 0 fully saturated rings. The summed E-state index contributed by atoms with van der Waals surface area (Å²) in [5.41, 5.74) is 6.48. The molecule has 9 N–H and O–H groups in total. The van der Waals surface area contributed by atoms with Crippen molar-refractivity contribution in [3.05, 3.63) is 77.9 Å². The highest BCUT2D eigenvalue weighted by molar-refractivity contribution is 6.01. The Kier molecular flexibility index (Phi) is 17.5. The highest BCUT2D eigenvalue weighted by Gasteiger charge is 2.35. The van der Waals surface area contributed by atoms with Crippen LogP contribution in [0, 0.1) is 11.8 Å². The van der Waals surface area contributed by atoms with Crippen LogP contribution < -0.4 is 41.8 Å². The molecule has 0 spiro atoms. The Morgan fingerprint density at radius 2 is 1.19 bits per heavy atom. The number of nitrogens with two attached hydrogens (primary N) is 1. The lowest BCUT2D eigenvalue weighted by Gasteiger charge is -2.29. The number of methoxy groups -OCH3 is 2. The minimum atomic E-state index is -1.49. The summed E-state index contributed by atoms with van der Waals surface area (Å²) >= 11 is 0. The Morgan fingerprint density at radius 1 is 0.678 bits per heavy atom. The lowest BCUT2D eigenvalue weighted by molar-refractivity contribution is -0.142. The van der Waals surface area contributed by atoms with E-state index in [-0.39, 0.29) is 35.6 Å². The topological polar surface area (TPSA) is 282 Å². The van der Waals surface area contributed by atoms with Gasteiger partial charge in [-0.05, 0) is 36.5 Å². The second kappa shape index (κ2) is 22.0. The Morgan fingerprint density at radius 3 is 1.66 bits per heavy atom. The number of aliphatic hydroxyl groups is 1. The van der Waals surface area contributed by atoms with Crippen LogP contribution >= 0.6 is 0 Å². The first-order valence-corrected chi connectivity index (χ1v) is 18.9. The van der Waals surface area contributed by atoms with Crippen LogP contribution in [0.5, 0.6) is 11.5 Å². The fraction of sp³-hybridized carbons (Fsp3) is 0.450. The smallest absolute Gasteiger partial charge is 0.326 e. The van der Waals surface area contributed by atoms with Crippen LogP contribution in [-0.4, -0.2) is 118 Å². The maximum atomic E-state index is 14.2. The van der Waals surface area contributed by atoms with E-state index in [0.29, 0.717) is 5.56 Å². The van der Waals surface area contributed by atoms with E-state index < -0.39 is 96.1 Å². The molecule has 0 aliphatic carbocycles. The number of nitrogens with zero attached hydrogens (tertiary/aromatic N) is 2. The molecule has 0 radical (unpaired) electrons. The zero-order chi connectivity index (χ0) is 44.0. The summed E-state index contributed by atoms with van der Waals surface area (Å²) < 4.78 is 11.9. The van der Waals surface area contributed by atoms with Gasteiger partial charge in [0.1, 0.15) is 53.6 Å². The number of ether oxygens (including phenoxy) is 2. The first-order valence-electron chi connectivity index (χ1n) is 18.9. The van der Waals surface area contributed by atoms with Gasteiger partial charge in [0.05, 0.1) is 32.6 Å². The van der Waals surface area contributed by atoms with E-state index in [1.807, 2.05) is 0 Å². The fourth-order valence-electron chi connectivity index (χ4n) is 5.84. The van der Waals surface area contributed by atoms with Crippen molar-refractivity contribution >= 4 is 41.4 Å². The monoisotopic (exact) mass is 822 g/mol. The second-order valence-electron chi connectivity index (χ2n) is 14.5. The van der Waals surface area contributed by atoms with Gasteiger partial charge in [0.2, 0.25) is 29.5 Å². The van der Waals surface area contributed by atoms with Crippen molar-refractivity contribution < 1.29 is 53.2 Å². The van der Waals surface area contributed by atoms with Gasteiger partial charge in [-0.25, -0.2) is 9.78 Å². The highest BCUT2D eigenvalue weighted by atomic mass is 16.5. The Hall–Kier alpha value is -6.34. The van der Waals surface area contributed by atoms with Gasteiger partial charge in [0.25, 0.3) is 5.91 Å². The number of nitrogens with one attached hydrogen (secondary N) is 5. The molecule has 19 nitrogen and oxygen atoms in total. The molecule has 320 valence electrons. The van der Waals surface area contributed by atoms with E-state index in [0.717, 1.165) is 4.57 Å². The first kappa shape index (κ1) is 47.0. The molecule has 19 heteroatoms. The van der Waals surface area contributed by atoms with E-state index >= 15 is 0 Å². The molecular weight excluding hydrogens is 768 g/mol. The molecule has 0 saturated carbocycles. The van der Waals surface area contributed by atoms with Crippen LogP contribution in [0.3, 0.4) is 0 Å². The van der Waals surface area contributed by atoms with Crippen molar-refractivity contribution in [1.29, 1.82) is 0 Å². The van der Waals surface area contributed by atoms with Gasteiger partial charge >= 0.3 is 5.97 Å². The zero-order valence-corrected chi connectivity index (χ0v) is 34.1. The third-order valence-corrected chi connectivity index (χ3v) is 9.18. The van der Waals surface area contributed by atoms with Crippen molar-refractivity contribution in [2.24, 2.45) is 17.6 Å². The minimum absolute atomic E-state index is 0.0319. The van der Waals surface area contributed by atoms with Crippen LogP contribution in [0.4, 0.5) is 0 Å². The second-order valence-corrected chi connectivity index (χ2v) is 14.5. The SMILES string of the molecule is COc1cccc(OC)c1C(=O)n1cnc(C[C@H](NC(=O)[C@@H](NC(=O)[C@H](CO)NC(=O)[C@H](C)N)C(C)C)C(=O)N[C@H](C(=O)N[C@@H](Cc2ccccc2)C(=O)O)C(C)C)c1. The Labute approximate surface area is 341 Å². The van der Waals surface area contributed by atoms with E-state index in [1.165, 1.54) is 33.7 Å². The van der Waals surface area contributed by atoms with Crippen LogP contribution in [0.25, 0.3) is 0 Å². The quantitative estimate of drug-likeness (QED) is 0.0676. The summed E-state index contributed by atoms with van der Waals surface area (Å²) in [6, 6.07) is 5.59. The lowest BCUT2D eigenvalue weighted by Crippen LogP contribution is -2.61. The summed E-state index contributed by atoms with van der Waals surface area (Å²) in [5.74, 6) is -6.73. The van der Waals surface area contributed by atoms with Crippen LogP contribution in [0.1, 0.15) is 56.2 Å². The summed E-state index contributed by atoms with van der Waals surface area (Å²) in [7, 11) is 2.78. The summed E-state index contributed by atoms with van der Waals surface area (Å²) in [6.07, 6.45) is 2.17. The molecule has 0 unspecified atom stereocenters. The molecule has 0 aliphatic heterocycles. The van der Waals surface area contributed by atoms with E-state index in [1.54, 1.807) is 76.2 Å². The largest absolute Gasteiger partial charge is 0.496 e. The van der Waals surface area contributed by atoms with Crippen molar-refractivity contribution in [2.75, 3.05) is 20.8 Å². The van der Waals surface area contributed by atoms with Gasteiger partial charge in [-0.3, -0.25) is 33.3 Å². The maximum Gasteiger partial charge on any atom is 0.326 e. The van der Waals surface area contributed by atoms with E-state index in [4.69, 9.17) is 15.2 Å². The van der Waals surface area contributed by atoms with Crippen LogP contribution in [0.2, 0.25) is 0 Å². The summed E-state index contributed by atoms with van der Waals surface area (Å²) in [6.45, 7) is 7.07. The number of carbonyl (C=O) groups excluding carboxylic acids is 6. The summed E-state index contributed by atoms with van der Waals surface area (Å²) in [5, 5.41) is 32.3. The normalized spacial score (nSPS) is 14.2. The van der Waals surface area contributed by atoms with Crippen molar-refractivity contribution in [3.8, 4) is 11.5 Å². The molecule has 1 aromatic heterocycles. The first-order chi connectivity index (χ1) is 27.9. The standard InChI is InChI=1S/C40H54N8O11/c1-21(2)32(47-36(52)28(19-49)45-34(50)23(5)41)37(53)43-26(17-25-18-48(20-42-25)39(55)31-29(58-6)14-11-15-30(31)59-7)35(51)46-33(22(3)4)38(54)44-27(40(56)57)16-24-12-9-8-10-13-24/h8-15,18,20-23,26-28,32-33,49H,16-17,19,41H2,1-7H3,(H,43,53)(H,44,54)(H,45,50)(H,46,51)(H,47,52)(H,56,57)/t23-,26-,27-,28-,32-,33-/m0/s1. The number of carboxylic acid groups (broad SMARTS) is 1. The minimum Gasteiger partial charge on any atom is -0.496 e. The number of imidazole rings is 1. The number of aliphatic carboxylic acids is 1. The number of aliphatic hydroxyl groups excluding tert-OH is 1. The zero-order valence-electron chi connectivity index (χ0n) is 34.1. The van der Waals surface area contributed by atoms with E-state index in [9.17, 15) is 43.8 Å². The van der Waals surface area contributed by atoms with Crippen LogP contribution in [0.15, 0.2) is 61.1 Å². The molecule has 6 atom stereocenters. The molecule has 0 saturated heterocycles. The van der Waals surface area contributed by atoms with Crippen molar-refractivity contribution in [3.63, 3.8) is 0 Å². The number of carbonyl (C=O) groups is 7. The molecule has 0 bridgehead atoms. The van der Waals surface area contributed by atoms with Gasteiger partial charge in [0.15, 0.2) is 0 Å². The predicted molar refractivity (Wildman–Crippen MR) is 213 cm³/mol. The maximum absolute atomic E-state index is 14.2. The van der Waals surface area contributed by atoms with Gasteiger partial charge in [-0.2, -0.15) is 0 Å². The molecule has 5 amide bonds. The number of benzene rings is 2. The number of carboxylic acids is 1. The van der Waals surface area contributed by atoms with Gasteiger partial charge < -0.3 is 52.0 Å². The highest BCUT2D eigenvalue weighted by Crippen LogP contribution is 2.29. The van der Waals surface area contributed by atoms with Crippen molar-refractivity contribution in [1.82, 2.24) is 36.1 Å². The van der Waals surface area contributed by atoms with Crippen molar-refractivity contribution in [2.45, 2.75) is 83.7 Å². The molecule has 3 rings (SSSR count). The average Bonchev–Trinajstić information content (AvgIpc) is 3.67. The van der Waals surface area contributed by atoms with Gasteiger partial charge in [-0.15, -0.1) is 0 Å². The number of amides is 5. The number of hydrogen-bond acceptors (Lipinski definition) is 12. The third kappa shape index (κ3) is 13.1. The molecule has 2 aromatic carbocycles. The molecule has 0 aliphatic rings. The predicted octanol–water partition coefficient (Wildman–Crippen LogP) is -0.466. The van der Waals surface area contributed by atoms with E-state index in [2.05, 4.69) is 31.6 Å². The summed E-state index contributed by atoms with van der Waals surface area (Å²) in [4.78, 5) is 97.1. The van der Waals surface area contributed by atoms with Gasteiger partial charge in [0, 0.05) is 19.0 Å². The molecule has 59 heavy (non-hydrogen) atoms. The van der Waals surface area contributed by atoms with Crippen LogP contribution in [-0.2, 0) is 41.6 Å². The molecular formula is C40H54N8O11. The molecule has 3 aromatic rings. The Bertz CT molecular complexity index is 1930. The Balaban J connectivity index is 1.95. The molecule has 1 heterocycles. The lowest BCUT2D eigenvalue weighted by atomic mass is 9.99. The number of hydrogen-bond donors (Lipinski definition) is 8. The number of aromatic nitrogens is 2.